The number of nitrogens with zero attached hydrogens (tertiary/aromatic N) is 2. The monoisotopic (exact) mass is 413 g/mol. The Morgan fingerprint density at radius 2 is 1.77 bits per heavy atom. The van der Waals surface area contributed by atoms with Crippen LogP contribution in [0.4, 0.5) is 0 Å². The highest BCUT2D eigenvalue weighted by atomic mass is 16.5. The van der Waals surface area contributed by atoms with Crippen LogP contribution in [0.25, 0.3) is 11.0 Å². The highest BCUT2D eigenvalue weighted by Gasteiger charge is 2.13. The van der Waals surface area contributed by atoms with Crippen LogP contribution in [-0.4, -0.2) is 22.1 Å². The zero-order valence-electron chi connectivity index (χ0n) is 18.2. The number of amides is 1. The van der Waals surface area contributed by atoms with Crippen molar-refractivity contribution in [1.29, 1.82) is 0 Å². The van der Waals surface area contributed by atoms with E-state index in [1.165, 1.54) is 5.56 Å². The molecule has 0 aliphatic rings. The largest absolute Gasteiger partial charge is 0.491 e. The number of aromatic nitrogens is 2. The molecule has 158 valence electrons. The molecule has 0 saturated heterocycles. The van der Waals surface area contributed by atoms with E-state index in [1.54, 1.807) is 0 Å². The van der Waals surface area contributed by atoms with Crippen LogP contribution >= 0.6 is 0 Å². The third kappa shape index (κ3) is 4.77. The molecule has 0 radical (unpaired) electrons. The van der Waals surface area contributed by atoms with Gasteiger partial charge in [-0.05, 0) is 56.7 Å². The van der Waals surface area contributed by atoms with E-state index in [4.69, 9.17) is 9.72 Å². The number of rotatable bonds is 7. The fourth-order valence-corrected chi connectivity index (χ4v) is 3.77. The summed E-state index contributed by atoms with van der Waals surface area (Å²) in [5.41, 5.74) is 6.00. The Kier molecular flexibility index (Phi) is 6.03. The molecule has 0 spiro atoms. The number of ether oxygens (including phenoxy) is 1. The van der Waals surface area contributed by atoms with Crippen LogP contribution in [-0.2, 0) is 13.1 Å². The molecule has 0 fully saturated rings. The van der Waals surface area contributed by atoms with Gasteiger partial charge >= 0.3 is 0 Å². The van der Waals surface area contributed by atoms with Crippen molar-refractivity contribution in [3.8, 4) is 5.75 Å². The van der Waals surface area contributed by atoms with Gasteiger partial charge < -0.3 is 14.6 Å². The maximum absolute atomic E-state index is 12.6. The summed E-state index contributed by atoms with van der Waals surface area (Å²) < 4.78 is 8.16. The summed E-state index contributed by atoms with van der Waals surface area (Å²) in [6.45, 7) is 7.62. The van der Waals surface area contributed by atoms with Gasteiger partial charge in [0.15, 0.2) is 0 Å². The lowest BCUT2D eigenvalue weighted by Crippen LogP contribution is -2.25. The molecule has 3 aromatic carbocycles. The van der Waals surface area contributed by atoms with Crippen LogP contribution < -0.4 is 10.1 Å². The molecule has 0 aliphatic carbocycles. The van der Waals surface area contributed by atoms with Gasteiger partial charge in [0.1, 0.15) is 18.2 Å². The number of hydrogen-bond donors (Lipinski definition) is 1. The second-order valence-electron chi connectivity index (χ2n) is 7.84. The summed E-state index contributed by atoms with van der Waals surface area (Å²) in [6, 6.07) is 21.8. The SMILES string of the molecule is Cc1cccc(C(=O)NCc2nc3ccccc3n2CCOc2ccc(C)cc2C)c1. The lowest BCUT2D eigenvalue weighted by Gasteiger charge is -2.13. The maximum atomic E-state index is 12.6. The summed E-state index contributed by atoms with van der Waals surface area (Å²) in [7, 11) is 0. The van der Waals surface area contributed by atoms with Gasteiger partial charge in [0.2, 0.25) is 0 Å². The molecule has 1 amide bonds. The van der Waals surface area contributed by atoms with E-state index in [0.29, 0.717) is 25.3 Å². The van der Waals surface area contributed by atoms with Crippen LogP contribution in [0.3, 0.4) is 0 Å². The van der Waals surface area contributed by atoms with Gasteiger partial charge in [-0.2, -0.15) is 0 Å². The molecule has 5 nitrogen and oxygen atoms in total. The van der Waals surface area contributed by atoms with Crippen molar-refractivity contribution in [2.45, 2.75) is 33.9 Å². The molecular weight excluding hydrogens is 386 g/mol. The first-order chi connectivity index (χ1) is 15.0. The quantitative estimate of drug-likeness (QED) is 0.465. The highest BCUT2D eigenvalue weighted by Crippen LogP contribution is 2.20. The molecular formula is C26H27N3O2. The normalized spacial score (nSPS) is 10.9. The van der Waals surface area contributed by atoms with Crippen molar-refractivity contribution in [3.05, 3.63) is 94.8 Å². The molecule has 0 atom stereocenters. The molecule has 1 N–H and O–H groups in total. The second-order valence-corrected chi connectivity index (χ2v) is 7.84. The molecule has 1 heterocycles. The minimum Gasteiger partial charge on any atom is -0.491 e. The molecule has 0 bridgehead atoms. The molecule has 4 aromatic rings. The predicted octanol–water partition coefficient (Wildman–Crippen LogP) is 4.97. The van der Waals surface area contributed by atoms with E-state index in [2.05, 4.69) is 35.9 Å². The molecule has 0 saturated carbocycles. The maximum Gasteiger partial charge on any atom is 0.251 e. The van der Waals surface area contributed by atoms with Gasteiger partial charge in [-0.15, -0.1) is 0 Å². The zero-order valence-corrected chi connectivity index (χ0v) is 18.2. The molecule has 5 heteroatoms. The first kappa shape index (κ1) is 20.7. The number of carbonyl (C=O) groups excluding carboxylic acids is 1. The van der Waals surface area contributed by atoms with Crippen LogP contribution in [0.15, 0.2) is 66.7 Å². The Bertz CT molecular complexity index is 1230. The smallest absolute Gasteiger partial charge is 0.251 e. The molecule has 1 aromatic heterocycles. The van der Waals surface area contributed by atoms with E-state index in [9.17, 15) is 4.79 Å². The second kappa shape index (κ2) is 9.04. The molecule has 31 heavy (non-hydrogen) atoms. The standard InChI is InChI=1S/C26H27N3O2/c1-18-7-6-8-21(16-18)26(30)27-17-25-28-22-9-4-5-10-23(22)29(25)13-14-31-24-12-11-19(2)15-20(24)3/h4-12,15-16H,13-14,17H2,1-3H3,(H,27,30). The van der Waals surface area contributed by atoms with Crippen molar-refractivity contribution in [2.24, 2.45) is 0 Å². The summed E-state index contributed by atoms with van der Waals surface area (Å²) >= 11 is 0. The minimum absolute atomic E-state index is 0.103. The topological polar surface area (TPSA) is 56.2 Å². The van der Waals surface area contributed by atoms with Crippen LogP contribution in [0.5, 0.6) is 5.75 Å². The molecule has 0 unspecified atom stereocenters. The van der Waals surface area contributed by atoms with E-state index in [-0.39, 0.29) is 5.91 Å². The highest BCUT2D eigenvalue weighted by molar-refractivity contribution is 5.94. The average molecular weight is 414 g/mol. The van der Waals surface area contributed by atoms with Crippen molar-refractivity contribution < 1.29 is 9.53 Å². The van der Waals surface area contributed by atoms with Crippen molar-refractivity contribution in [3.63, 3.8) is 0 Å². The predicted molar refractivity (Wildman–Crippen MR) is 123 cm³/mol. The third-order valence-electron chi connectivity index (χ3n) is 5.32. The van der Waals surface area contributed by atoms with Crippen LogP contribution in [0.2, 0.25) is 0 Å². The average Bonchev–Trinajstić information content (AvgIpc) is 3.11. The number of hydrogen-bond acceptors (Lipinski definition) is 3. The van der Waals surface area contributed by atoms with Crippen LogP contribution in [0.1, 0.15) is 32.9 Å². The fourth-order valence-electron chi connectivity index (χ4n) is 3.77. The van der Waals surface area contributed by atoms with Crippen molar-refractivity contribution in [1.82, 2.24) is 14.9 Å². The molecule has 4 rings (SSSR count). The zero-order chi connectivity index (χ0) is 21.8. The number of benzene rings is 3. The molecule has 0 aliphatic heterocycles. The number of imidazole rings is 1. The van der Waals surface area contributed by atoms with E-state index >= 15 is 0 Å². The number of aryl methyl sites for hydroxylation is 3. The van der Waals surface area contributed by atoms with E-state index < -0.39 is 0 Å². The van der Waals surface area contributed by atoms with E-state index in [1.807, 2.05) is 61.5 Å². The Labute approximate surface area is 182 Å². The number of carbonyl (C=O) groups is 1. The Morgan fingerprint density at radius 3 is 2.58 bits per heavy atom. The summed E-state index contributed by atoms with van der Waals surface area (Å²) in [5.74, 6) is 1.60. The number of para-hydroxylation sites is 2. The Hall–Kier alpha value is -3.60. The third-order valence-corrected chi connectivity index (χ3v) is 5.32. The van der Waals surface area contributed by atoms with Crippen LogP contribution in [0, 0.1) is 20.8 Å². The summed E-state index contributed by atoms with van der Waals surface area (Å²) in [6.07, 6.45) is 0. The van der Waals surface area contributed by atoms with Gasteiger partial charge in [0, 0.05) is 5.56 Å². The van der Waals surface area contributed by atoms with E-state index in [0.717, 1.165) is 33.7 Å². The number of fused-ring (bicyclic) bond motifs is 1. The Balaban J connectivity index is 1.49. The van der Waals surface area contributed by atoms with Crippen molar-refractivity contribution >= 4 is 16.9 Å². The van der Waals surface area contributed by atoms with Gasteiger partial charge in [-0.3, -0.25) is 4.79 Å². The van der Waals surface area contributed by atoms with Gasteiger partial charge in [-0.25, -0.2) is 4.98 Å². The Morgan fingerprint density at radius 1 is 0.968 bits per heavy atom. The minimum atomic E-state index is -0.103. The number of nitrogens with one attached hydrogen (secondary N) is 1. The fraction of sp³-hybridized carbons (Fsp3) is 0.231. The van der Waals surface area contributed by atoms with Gasteiger partial charge in [0.25, 0.3) is 5.91 Å². The first-order valence-corrected chi connectivity index (χ1v) is 10.5. The van der Waals surface area contributed by atoms with Crippen molar-refractivity contribution in [2.75, 3.05) is 6.61 Å². The van der Waals surface area contributed by atoms with Gasteiger partial charge in [-0.1, -0.05) is 47.5 Å². The lowest BCUT2D eigenvalue weighted by atomic mass is 10.1. The lowest BCUT2D eigenvalue weighted by molar-refractivity contribution is 0.0949. The van der Waals surface area contributed by atoms with Gasteiger partial charge in [0.05, 0.1) is 24.1 Å². The first-order valence-electron chi connectivity index (χ1n) is 10.5. The summed E-state index contributed by atoms with van der Waals surface area (Å²) in [4.78, 5) is 17.3. The summed E-state index contributed by atoms with van der Waals surface area (Å²) in [5, 5.41) is 3.00.